The first-order valence-corrected chi connectivity index (χ1v) is 9.92. The number of phenolic OH excluding ortho intramolecular Hbond substituents is 1. The van der Waals surface area contributed by atoms with Crippen molar-refractivity contribution in [2.45, 2.75) is 96.8 Å². The summed E-state index contributed by atoms with van der Waals surface area (Å²) in [6.07, 6.45) is 17.9. The second-order valence-electron chi connectivity index (χ2n) is 6.62. The first-order chi connectivity index (χ1) is 13.5. The minimum atomic E-state index is -0.626. The minimum Gasteiger partial charge on any atom is -0.508 e. The van der Waals surface area contributed by atoms with Gasteiger partial charge in [0.05, 0.1) is 12.1 Å². The van der Waals surface area contributed by atoms with E-state index in [0.717, 1.165) is 19.3 Å². The highest BCUT2D eigenvalue weighted by Crippen LogP contribution is 2.17. The Labute approximate surface area is 155 Å². The summed E-state index contributed by atoms with van der Waals surface area (Å²) in [5.41, 5.74) is 0. The van der Waals surface area contributed by atoms with Crippen molar-refractivity contribution in [2.75, 3.05) is 6.61 Å². The molecule has 1 rings (SSSR count). The molecule has 2 heteroatoms. The SMILES string of the molecule is [2H]c1c([2H])c(OCCCCCCCCCCCCCCCC)c([2H])c([2H])c1O. The molecule has 2 nitrogen and oxygen atoms in total. The van der Waals surface area contributed by atoms with Crippen molar-refractivity contribution < 1.29 is 15.3 Å². The van der Waals surface area contributed by atoms with Crippen molar-refractivity contribution in [3.63, 3.8) is 0 Å². The molecule has 0 aromatic heterocycles. The third kappa shape index (κ3) is 12.3. The van der Waals surface area contributed by atoms with Gasteiger partial charge in [0.1, 0.15) is 11.5 Å². The topological polar surface area (TPSA) is 29.5 Å². The van der Waals surface area contributed by atoms with E-state index in [1.165, 1.54) is 70.6 Å². The molecule has 0 amide bonds. The molecule has 0 saturated heterocycles. The maximum atomic E-state index is 9.53. The third-order valence-electron chi connectivity index (χ3n) is 4.33. The molecule has 0 bridgehead atoms. The van der Waals surface area contributed by atoms with Crippen LogP contribution in [0, 0.1) is 0 Å². The van der Waals surface area contributed by atoms with Gasteiger partial charge in [-0.15, -0.1) is 0 Å². The van der Waals surface area contributed by atoms with Crippen LogP contribution in [0.4, 0.5) is 0 Å². The Bertz CT molecular complexity index is 535. The standard InChI is InChI=1S/C22H38O2/c1-2-3-4-5-6-7-8-9-10-11-12-13-14-15-20-24-22-18-16-21(23)17-19-22/h16-19,23H,2-15,20H2,1H3/i16D,17D,18D,19D. The van der Waals surface area contributed by atoms with Gasteiger partial charge in [0.25, 0.3) is 0 Å². The number of hydrogen-bond donors (Lipinski definition) is 1. The molecule has 0 unspecified atom stereocenters. The van der Waals surface area contributed by atoms with Crippen LogP contribution in [0.3, 0.4) is 0 Å². The summed E-state index contributed by atoms with van der Waals surface area (Å²) < 4.78 is 36.2. The fourth-order valence-electron chi connectivity index (χ4n) is 2.84. The highest BCUT2D eigenvalue weighted by molar-refractivity contribution is 5.29. The van der Waals surface area contributed by atoms with Crippen molar-refractivity contribution in [2.24, 2.45) is 0 Å². The summed E-state index contributed by atoms with van der Waals surface area (Å²) in [4.78, 5) is 0. The van der Waals surface area contributed by atoms with E-state index in [-0.39, 0.29) is 17.8 Å². The van der Waals surface area contributed by atoms with Crippen LogP contribution in [0.15, 0.2) is 24.2 Å². The van der Waals surface area contributed by atoms with E-state index in [9.17, 15) is 5.11 Å². The van der Waals surface area contributed by atoms with E-state index in [1.54, 1.807) is 0 Å². The minimum absolute atomic E-state index is 0.0671. The molecular weight excluding hydrogens is 296 g/mol. The smallest absolute Gasteiger partial charge is 0.119 e. The Morgan fingerprint density at radius 1 is 0.708 bits per heavy atom. The van der Waals surface area contributed by atoms with Crippen LogP contribution < -0.4 is 4.74 Å². The van der Waals surface area contributed by atoms with Gasteiger partial charge in [-0.3, -0.25) is 0 Å². The highest BCUT2D eigenvalue weighted by atomic mass is 16.5. The van der Waals surface area contributed by atoms with Gasteiger partial charge in [-0.05, 0) is 30.6 Å². The molecule has 0 spiro atoms. The van der Waals surface area contributed by atoms with E-state index >= 15 is 0 Å². The van der Waals surface area contributed by atoms with Crippen molar-refractivity contribution in [3.05, 3.63) is 24.2 Å². The molecule has 0 saturated carbocycles. The van der Waals surface area contributed by atoms with Gasteiger partial charge in [0.15, 0.2) is 0 Å². The van der Waals surface area contributed by atoms with Crippen LogP contribution in [-0.2, 0) is 0 Å². The molecule has 1 aromatic carbocycles. The molecule has 0 aliphatic carbocycles. The zero-order chi connectivity index (χ0) is 20.8. The Balaban J connectivity index is 2.02. The lowest BCUT2D eigenvalue weighted by molar-refractivity contribution is 0.303. The predicted octanol–water partition coefficient (Wildman–Crippen LogP) is 7.25. The van der Waals surface area contributed by atoms with Crippen LogP contribution >= 0.6 is 0 Å². The Kier molecular flexibility index (Phi) is 9.66. The van der Waals surface area contributed by atoms with Gasteiger partial charge in [-0.1, -0.05) is 90.4 Å². The summed E-state index contributed by atoms with van der Waals surface area (Å²) in [6.45, 7) is 2.63. The second-order valence-corrected chi connectivity index (χ2v) is 6.62. The zero-order valence-corrected chi connectivity index (χ0v) is 15.5. The van der Waals surface area contributed by atoms with Gasteiger partial charge in [-0.25, -0.2) is 0 Å². The zero-order valence-electron chi connectivity index (χ0n) is 19.5. The molecule has 0 fully saturated rings. The Morgan fingerprint density at radius 2 is 1.12 bits per heavy atom. The van der Waals surface area contributed by atoms with Gasteiger partial charge in [0, 0.05) is 0 Å². The molecule has 0 radical (unpaired) electrons. The summed E-state index contributed by atoms with van der Waals surface area (Å²) in [7, 11) is 0. The first kappa shape index (κ1) is 15.1. The second kappa shape index (κ2) is 15.4. The lowest BCUT2D eigenvalue weighted by Crippen LogP contribution is -1.96. The van der Waals surface area contributed by atoms with Crippen LogP contribution in [0.2, 0.25) is 0 Å². The molecule has 0 atom stereocenters. The number of rotatable bonds is 16. The average Bonchev–Trinajstić information content (AvgIpc) is 2.70. The van der Waals surface area contributed by atoms with Gasteiger partial charge in [0.2, 0.25) is 0 Å². The van der Waals surface area contributed by atoms with Crippen molar-refractivity contribution in [1.29, 1.82) is 0 Å². The molecule has 24 heavy (non-hydrogen) atoms. The van der Waals surface area contributed by atoms with Gasteiger partial charge < -0.3 is 9.84 Å². The number of unbranched alkanes of at least 4 members (excludes halogenated alkanes) is 13. The Hall–Kier alpha value is -1.18. The maximum absolute atomic E-state index is 9.53. The monoisotopic (exact) mass is 338 g/mol. The van der Waals surface area contributed by atoms with E-state index in [1.807, 2.05) is 0 Å². The summed E-state index contributed by atoms with van der Waals surface area (Å²) in [5.74, 6) is -0.693. The van der Waals surface area contributed by atoms with Gasteiger partial charge in [-0.2, -0.15) is 0 Å². The lowest BCUT2D eigenvalue weighted by atomic mass is 10.0. The molecule has 0 aliphatic rings. The van der Waals surface area contributed by atoms with E-state index in [2.05, 4.69) is 6.92 Å². The highest BCUT2D eigenvalue weighted by Gasteiger charge is 1.96. The van der Waals surface area contributed by atoms with E-state index in [4.69, 9.17) is 10.2 Å². The quantitative estimate of drug-likeness (QED) is 0.322. The normalized spacial score (nSPS) is 13.2. The fourth-order valence-corrected chi connectivity index (χ4v) is 2.84. The summed E-state index contributed by atoms with van der Waals surface area (Å²) in [6, 6.07) is -1.53. The molecule has 1 N–H and O–H groups in total. The first-order valence-electron chi connectivity index (χ1n) is 11.9. The molecule has 0 heterocycles. The van der Waals surface area contributed by atoms with Crippen molar-refractivity contribution in [3.8, 4) is 11.5 Å². The van der Waals surface area contributed by atoms with Crippen LogP contribution in [-0.4, -0.2) is 11.7 Å². The Morgan fingerprint density at radius 3 is 1.58 bits per heavy atom. The largest absolute Gasteiger partial charge is 0.508 e. The number of benzene rings is 1. The van der Waals surface area contributed by atoms with Crippen LogP contribution in [0.25, 0.3) is 0 Å². The maximum Gasteiger partial charge on any atom is 0.119 e. The molecular formula is C22H38O2. The molecule has 138 valence electrons. The van der Waals surface area contributed by atoms with E-state index in [0.29, 0.717) is 6.61 Å². The fraction of sp³-hybridized carbons (Fsp3) is 0.727. The summed E-state index contributed by atoms with van der Waals surface area (Å²) in [5, 5.41) is 9.53. The number of hydrogen-bond acceptors (Lipinski definition) is 2. The van der Waals surface area contributed by atoms with Crippen LogP contribution in [0.5, 0.6) is 11.5 Å². The number of phenols is 1. The molecule has 0 aliphatic heterocycles. The number of ether oxygens (including phenoxy) is 1. The molecule has 1 aromatic rings. The lowest BCUT2D eigenvalue weighted by Gasteiger charge is -2.06. The predicted molar refractivity (Wildman–Crippen MR) is 104 cm³/mol. The van der Waals surface area contributed by atoms with Gasteiger partial charge >= 0.3 is 0 Å². The third-order valence-corrected chi connectivity index (χ3v) is 4.33. The number of aromatic hydroxyl groups is 1. The van der Waals surface area contributed by atoms with Crippen LogP contribution in [0.1, 0.15) is 102 Å². The van der Waals surface area contributed by atoms with Crippen molar-refractivity contribution >= 4 is 0 Å². The average molecular weight is 339 g/mol. The summed E-state index contributed by atoms with van der Waals surface area (Å²) >= 11 is 0. The van der Waals surface area contributed by atoms with Crippen molar-refractivity contribution in [1.82, 2.24) is 0 Å². The van der Waals surface area contributed by atoms with E-state index < -0.39 is 17.8 Å².